The van der Waals surface area contributed by atoms with Gasteiger partial charge in [-0.2, -0.15) is 0 Å². The summed E-state index contributed by atoms with van der Waals surface area (Å²) < 4.78 is 0. The van der Waals surface area contributed by atoms with Crippen molar-refractivity contribution in [3.63, 3.8) is 0 Å². The Morgan fingerprint density at radius 2 is 1.22 bits per heavy atom. The van der Waals surface area contributed by atoms with Crippen LogP contribution >= 0.6 is 0 Å². The summed E-state index contributed by atoms with van der Waals surface area (Å²) in [6.07, 6.45) is 13.2. The third-order valence-electron chi connectivity index (χ3n) is 13.7. The first kappa shape index (κ1) is 37.9. The number of ketones is 2. The van der Waals surface area contributed by atoms with Gasteiger partial charge < -0.3 is 9.90 Å². The molecule has 4 rings (SSSR count). The number of hydrogen-bond acceptors (Lipinski definition) is 4. The van der Waals surface area contributed by atoms with E-state index in [0.717, 1.165) is 61.5 Å². The lowest BCUT2D eigenvalue weighted by Gasteiger charge is -2.45. The first-order valence-corrected chi connectivity index (χ1v) is 17.7. The van der Waals surface area contributed by atoms with E-state index >= 15 is 0 Å². The van der Waals surface area contributed by atoms with Crippen molar-refractivity contribution in [2.75, 3.05) is 6.61 Å². The van der Waals surface area contributed by atoms with Crippen molar-refractivity contribution in [1.29, 1.82) is 0 Å². The third kappa shape index (κ3) is 6.32. The van der Waals surface area contributed by atoms with Gasteiger partial charge in [0, 0.05) is 47.8 Å². The van der Waals surface area contributed by atoms with Gasteiger partial charge in [0.1, 0.15) is 6.29 Å². The molecule has 254 valence electrons. The molecule has 46 heavy (non-hydrogen) atoms. The van der Waals surface area contributed by atoms with Crippen LogP contribution in [0.2, 0.25) is 0 Å². The summed E-state index contributed by atoms with van der Waals surface area (Å²) in [4.78, 5) is 36.3. The van der Waals surface area contributed by atoms with Crippen LogP contribution in [0.1, 0.15) is 120 Å². The summed E-state index contributed by atoms with van der Waals surface area (Å²) in [5, 5.41) is 9.44. The molecule has 0 bridgehead atoms. The van der Waals surface area contributed by atoms with E-state index in [1.807, 2.05) is 12.2 Å². The van der Waals surface area contributed by atoms with E-state index < -0.39 is 0 Å². The molecule has 0 heterocycles. The van der Waals surface area contributed by atoms with Gasteiger partial charge in [-0.25, -0.2) is 0 Å². The predicted octanol–water partition coefficient (Wildman–Crippen LogP) is 9.90. The zero-order valence-corrected chi connectivity index (χ0v) is 30.3. The SMILES string of the molecule is C=CC(C)(CC=O)C(C)C(=C)C12CCC(=O)C1=C(C)C(C)CC2.C=CC(C)(CCO)C(C)C(=C)C12CCC(=O)C1=C(C)C(C)CC2. The van der Waals surface area contributed by atoms with Gasteiger partial charge in [-0.1, -0.05) is 89.1 Å². The second kappa shape index (κ2) is 14.3. The fraction of sp³-hybridized carbons (Fsp3) is 0.643. The molecule has 0 aromatic rings. The summed E-state index contributed by atoms with van der Waals surface area (Å²) in [6, 6.07) is 0. The van der Waals surface area contributed by atoms with Crippen LogP contribution in [0.3, 0.4) is 0 Å². The number of allylic oxidation sites excluding steroid dienone is 8. The standard InChI is InChI=1S/C21H32O2.C21H30O2/c2*1-7-20(6,12-13-22)16(4)17(5)21-10-8-14(2)15(3)19(21)18(23)9-11-21/h7,14,16,22H,1,5,8-13H2,2-4,6H3;7,13-14,16H,1,5,8-12H2,2-4,6H3. The number of aldehydes is 1. The highest BCUT2D eigenvalue weighted by atomic mass is 16.3. The number of Topliss-reactive ketones (excluding diaryl/α,β-unsaturated/α-hetero) is 2. The molecular formula is C42H62O4. The Morgan fingerprint density at radius 3 is 1.57 bits per heavy atom. The number of hydrogen-bond donors (Lipinski definition) is 1. The summed E-state index contributed by atoms with van der Waals surface area (Å²) in [6.45, 7) is 34.2. The van der Waals surface area contributed by atoms with Gasteiger partial charge in [0.25, 0.3) is 0 Å². The van der Waals surface area contributed by atoms with Crippen molar-refractivity contribution in [3.05, 3.63) is 71.9 Å². The highest BCUT2D eigenvalue weighted by molar-refractivity contribution is 6.01. The Labute approximate surface area is 280 Å². The predicted molar refractivity (Wildman–Crippen MR) is 191 cm³/mol. The molecule has 2 fully saturated rings. The van der Waals surface area contributed by atoms with E-state index in [9.17, 15) is 19.5 Å². The quantitative estimate of drug-likeness (QED) is 0.172. The molecule has 8 unspecified atom stereocenters. The van der Waals surface area contributed by atoms with Crippen LogP contribution in [-0.4, -0.2) is 29.6 Å². The number of carbonyl (C=O) groups excluding carboxylic acids is 3. The van der Waals surface area contributed by atoms with Crippen LogP contribution in [-0.2, 0) is 14.4 Å². The van der Waals surface area contributed by atoms with Crippen LogP contribution in [0.5, 0.6) is 0 Å². The van der Waals surface area contributed by atoms with Gasteiger partial charge in [0.15, 0.2) is 11.6 Å². The van der Waals surface area contributed by atoms with Crippen LogP contribution in [0.25, 0.3) is 0 Å². The van der Waals surface area contributed by atoms with Crippen molar-refractivity contribution < 1.29 is 19.5 Å². The third-order valence-corrected chi connectivity index (χ3v) is 13.7. The maximum Gasteiger partial charge on any atom is 0.159 e. The Balaban J connectivity index is 0.000000250. The minimum atomic E-state index is -0.304. The molecule has 8 atom stereocenters. The van der Waals surface area contributed by atoms with Crippen LogP contribution in [0.15, 0.2) is 71.9 Å². The molecule has 4 nitrogen and oxygen atoms in total. The molecule has 4 heteroatoms. The highest BCUT2D eigenvalue weighted by Crippen LogP contribution is 2.60. The van der Waals surface area contributed by atoms with Crippen molar-refractivity contribution >= 4 is 17.9 Å². The van der Waals surface area contributed by atoms with Crippen LogP contribution in [0, 0.1) is 45.3 Å². The first-order chi connectivity index (χ1) is 21.5. The first-order valence-electron chi connectivity index (χ1n) is 17.7. The number of carbonyl (C=O) groups is 3. The van der Waals surface area contributed by atoms with Gasteiger partial charge in [-0.15, -0.1) is 13.2 Å². The molecular weight excluding hydrogens is 568 g/mol. The zero-order valence-electron chi connectivity index (χ0n) is 30.3. The van der Waals surface area contributed by atoms with Crippen molar-refractivity contribution in [2.45, 2.75) is 120 Å². The van der Waals surface area contributed by atoms with E-state index in [4.69, 9.17) is 0 Å². The Bertz CT molecular complexity index is 1340. The molecule has 0 saturated heterocycles. The number of fused-ring (bicyclic) bond motifs is 2. The van der Waals surface area contributed by atoms with Crippen LogP contribution in [0.4, 0.5) is 0 Å². The molecule has 0 spiro atoms. The Hall–Kier alpha value is -2.59. The monoisotopic (exact) mass is 630 g/mol. The highest BCUT2D eigenvalue weighted by Gasteiger charge is 2.52. The van der Waals surface area contributed by atoms with E-state index in [1.165, 1.54) is 16.7 Å². The van der Waals surface area contributed by atoms with Gasteiger partial charge >= 0.3 is 0 Å². The average molecular weight is 631 g/mol. The number of aliphatic hydroxyl groups is 1. The minimum Gasteiger partial charge on any atom is -0.396 e. The minimum absolute atomic E-state index is 0.118. The number of aliphatic hydroxyl groups excluding tert-OH is 1. The summed E-state index contributed by atoms with van der Waals surface area (Å²) >= 11 is 0. The normalized spacial score (nSPS) is 31.4. The van der Waals surface area contributed by atoms with E-state index in [0.29, 0.717) is 49.1 Å². The Morgan fingerprint density at radius 1 is 0.826 bits per heavy atom. The largest absolute Gasteiger partial charge is 0.396 e. The topological polar surface area (TPSA) is 71.4 Å². The van der Waals surface area contributed by atoms with E-state index in [1.54, 1.807) is 0 Å². The fourth-order valence-electron chi connectivity index (χ4n) is 9.17. The number of rotatable bonds is 12. The maximum absolute atomic E-state index is 12.6. The van der Waals surface area contributed by atoms with Gasteiger partial charge in [0.05, 0.1) is 0 Å². The molecule has 4 aliphatic rings. The molecule has 4 aliphatic carbocycles. The van der Waals surface area contributed by atoms with Gasteiger partial charge in [-0.05, 0) is 93.3 Å². The lowest BCUT2D eigenvalue weighted by molar-refractivity contribution is -0.115. The lowest BCUT2D eigenvalue weighted by Crippen LogP contribution is -2.36. The maximum atomic E-state index is 12.6. The molecule has 0 aliphatic heterocycles. The zero-order chi connectivity index (χ0) is 34.8. The molecule has 0 amide bonds. The molecule has 0 aromatic heterocycles. The summed E-state index contributed by atoms with van der Waals surface area (Å²) in [7, 11) is 0. The van der Waals surface area contributed by atoms with Crippen molar-refractivity contribution in [3.8, 4) is 0 Å². The summed E-state index contributed by atoms with van der Waals surface area (Å²) in [5.41, 5.74) is 6.09. The smallest absolute Gasteiger partial charge is 0.159 e. The van der Waals surface area contributed by atoms with E-state index in [2.05, 4.69) is 81.7 Å². The molecule has 0 radical (unpaired) electrons. The van der Waals surface area contributed by atoms with Crippen LogP contribution < -0.4 is 0 Å². The van der Waals surface area contributed by atoms with Crippen molar-refractivity contribution in [2.24, 2.45) is 45.3 Å². The fourth-order valence-corrected chi connectivity index (χ4v) is 9.17. The van der Waals surface area contributed by atoms with E-state index in [-0.39, 0.29) is 40.1 Å². The molecule has 0 aromatic carbocycles. The lowest BCUT2D eigenvalue weighted by atomic mass is 9.58. The van der Waals surface area contributed by atoms with Gasteiger partial charge in [0.2, 0.25) is 0 Å². The van der Waals surface area contributed by atoms with Crippen molar-refractivity contribution in [1.82, 2.24) is 0 Å². The Kier molecular flexibility index (Phi) is 11.7. The second-order valence-corrected chi connectivity index (χ2v) is 15.8. The van der Waals surface area contributed by atoms with Gasteiger partial charge in [-0.3, -0.25) is 9.59 Å². The summed E-state index contributed by atoms with van der Waals surface area (Å²) in [5.74, 6) is 1.90. The second-order valence-electron chi connectivity index (χ2n) is 15.8. The molecule has 2 saturated carbocycles. The molecule has 1 N–H and O–H groups in total. The average Bonchev–Trinajstić information content (AvgIpc) is 3.58.